The molecule has 0 spiro atoms. The molecule has 402 valence electrons. The molecule has 0 aromatic heterocycles. The topological polar surface area (TPSA) is 161 Å². The SMILES string of the molecule is CCCOc1ccc(OC(=O)c2ccc(C(=O)Oc3ccc(OCCC)cc3)c(OCCCCCCCCCCOc3cc(C(=O)Oc4ccc(OCCC)cc4)ccc3C(=O)Oc3ccc(OCCC)cc3)c2)cc1. The minimum absolute atomic E-state index is 0.172. The molecule has 0 fully saturated rings. The van der Waals surface area contributed by atoms with Crippen LogP contribution in [0.1, 0.15) is 146 Å². The normalized spacial score (nSPS) is 10.7. The summed E-state index contributed by atoms with van der Waals surface area (Å²) in [5.41, 5.74) is 0.766. The fourth-order valence-corrected chi connectivity index (χ4v) is 7.46. The van der Waals surface area contributed by atoms with Crippen LogP contribution in [0.4, 0.5) is 0 Å². The highest BCUT2D eigenvalue weighted by Crippen LogP contribution is 2.29. The van der Waals surface area contributed by atoms with E-state index in [2.05, 4.69) is 0 Å². The van der Waals surface area contributed by atoms with Crippen LogP contribution >= 0.6 is 0 Å². The smallest absolute Gasteiger partial charge is 0.347 e. The van der Waals surface area contributed by atoms with Gasteiger partial charge in [-0.2, -0.15) is 0 Å². The Bertz CT molecular complexity index is 2530. The number of carbonyl (C=O) groups is 4. The van der Waals surface area contributed by atoms with E-state index in [9.17, 15) is 19.2 Å². The summed E-state index contributed by atoms with van der Waals surface area (Å²) in [5.74, 6) is 2.03. The van der Waals surface area contributed by atoms with Crippen LogP contribution in [-0.2, 0) is 0 Å². The summed E-state index contributed by atoms with van der Waals surface area (Å²) in [6.45, 7) is 11.0. The van der Waals surface area contributed by atoms with E-state index in [4.69, 9.17) is 47.4 Å². The Labute approximate surface area is 446 Å². The van der Waals surface area contributed by atoms with Crippen LogP contribution in [0.5, 0.6) is 57.5 Å². The summed E-state index contributed by atoms with van der Waals surface area (Å²) in [7, 11) is 0. The number of ether oxygens (including phenoxy) is 10. The molecule has 0 aliphatic rings. The van der Waals surface area contributed by atoms with Gasteiger partial charge in [-0.15, -0.1) is 0 Å². The predicted molar refractivity (Wildman–Crippen MR) is 290 cm³/mol. The van der Waals surface area contributed by atoms with Gasteiger partial charge in [0.1, 0.15) is 68.6 Å². The third-order valence-corrected chi connectivity index (χ3v) is 11.5. The van der Waals surface area contributed by atoms with Gasteiger partial charge < -0.3 is 47.4 Å². The lowest BCUT2D eigenvalue weighted by molar-refractivity contribution is 0.0715. The van der Waals surface area contributed by atoms with Crippen molar-refractivity contribution in [1.82, 2.24) is 0 Å². The third kappa shape index (κ3) is 19.0. The van der Waals surface area contributed by atoms with Gasteiger partial charge in [0, 0.05) is 0 Å². The molecule has 14 nitrogen and oxygen atoms in total. The van der Waals surface area contributed by atoms with Crippen LogP contribution in [-0.4, -0.2) is 63.5 Å². The van der Waals surface area contributed by atoms with E-state index < -0.39 is 23.9 Å². The zero-order chi connectivity index (χ0) is 53.7. The van der Waals surface area contributed by atoms with E-state index >= 15 is 0 Å². The Morgan fingerprint density at radius 2 is 0.526 bits per heavy atom. The van der Waals surface area contributed by atoms with Gasteiger partial charge >= 0.3 is 23.9 Å². The number of rotatable bonds is 33. The van der Waals surface area contributed by atoms with Gasteiger partial charge in [-0.05, 0) is 172 Å². The van der Waals surface area contributed by atoms with Crippen molar-refractivity contribution in [1.29, 1.82) is 0 Å². The summed E-state index contributed by atoms with van der Waals surface area (Å²) in [6, 6.07) is 36.3. The number of hydrogen-bond acceptors (Lipinski definition) is 14. The molecule has 0 unspecified atom stereocenters. The molecule has 0 N–H and O–H groups in total. The van der Waals surface area contributed by atoms with Gasteiger partial charge in [-0.25, -0.2) is 19.2 Å². The van der Waals surface area contributed by atoms with Crippen molar-refractivity contribution in [2.45, 2.75) is 105 Å². The summed E-state index contributed by atoms with van der Waals surface area (Å²) in [5, 5.41) is 0. The van der Waals surface area contributed by atoms with Gasteiger partial charge in [0.05, 0.1) is 50.8 Å². The predicted octanol–water partition coefficient (Wildman–Crippen LogP) is 14.3. The molecule has 76 heavy (non-hydrogen) atoms. The lowest BCUT2D eigenvalue weighted by atomic mass is 10.1. The second kappa shape index (κ2) is 31.7. The summed E-state index contributed by atoms with van der Waals surface area (Å²) in [4.78, 5) is 53.5. The Morgan fingerprint density at radius 1 is 0.276 bits per heavy atom. The molecule has 0 aliphatic heterocycles. The van der Waals surface area contributed by atoms with Crippen LogP contribution in [0.25, 0.3) is 0 Å². The van der Waals surface area contributed by atoms with E-state index in [0.29, 0.717) is 85.6 Å². The van der Waals surface area contributed by atoms with Crippen LogP contribution in [0, 0.1) is 0 Å². The van der Waals surface area contributed by atoms with Crippen molar-refractivity contribution in [3.05, 3.63) is 156 Å². The largest absolute Gasteiger partial charge is 0.494 e. The van der Waals surface area contributed by atoms with Crippen LogP contribution in [0.2, 0.25) is 0 Å². The van der Waals surface area contributed by atoms with Crippen molar-refractivity contribution < 1.29 is 66.5 Å². The third-order valence-electron chi connectivity index (χ3n) is 11.5. The highest BCUT2D eigenvalue weighted by Gasteiger charge is 2.22. The molecule has 6 rings (SSSR count). The van der Waals surface area contributed by atoms with E-state index in [1.165, 1.54) is 36.4 Å². The van der Waals surface area contributed by atoms with Gasteiger partial charge in [-0.3, -0.25) is 0 Å². The number of carbonyl (C=O) groups excluding carboxylic acids is 4. The molecule has 0 saturated carbocycles. The van der Waals surface area contributed by atoms with E-state index in [-0.39, 0.29) is 33.8 Å². The fraction of sp³-hybridized carbons (Fsp3) is 0.355. The average Bonchev–Trinajstić information content (AvgIpc) is 3.44. The maximum atomic E-state index is 13.5. The minimum atomic E-state index is -0.631. The van der Waals surface area contributed by atoms with Crippen LogP contribution < -0.4 is 47.4 Å². The van der Waals surface area contributed by atoms with Crippen LogP contribution in [0.3, 0.4) is 0 Å². The molecule has 0 aliphatic carbocycles. The minimum Gasteiger partial charge on any atom is -0.494 e. The molecular weight excluding hydrogens is 969 g/mol. The highest BCUT2D eigenvalue weighted by molar-refractivity contribution is 5.98. The van der Waals surface area contributed by atoms with Gasteiger partial charge in [0.15, 0.2) is 0 Å². The second-order valence-corrected chi connectivity index (χ2v) is 17.8. The monoisotopic (exact) mass is 1040 g/mol. The fourth-order valence-electron chi connectivity index (χ4n) is 7.46. The standard InChI is InChI=1S/C62H70O14/c1-5-37-67-47-19-27-51(28-20-47)73-59(63)45-17-35-55(61(65)75-53-31-23-49(24-32-53)69-39-7-3)57(43-45)71-41-15-13-11-9-10-12-14-16-42-72-58-44-46(60(64)74-52-29-21-48(22-30-52)68-38-6-2)18-36-56(58)62(66)76-54-33-25-50(26-34-54)70-40-8-4/h17-36,43-44H,5-16,37-42H2,1-4H3. The maximum absolute atomic E-state index is 13.5. The zero-order valence-electron chi connectivity index (χ0n) is 44.1. The lowest BCUT2D eigenvalue weighted by Gasteiger charge is -2.14. The number of esters is 4. The molecule has 0 heterocycles. The zero-order valence-corrected chi connectivity index (χ0v) is 44.1. The molecule has 0 amide bonds. The first-order valence-electron chi connectivity index (χ1n) is 26.5. The molecule has 6 aromatic carbocycles. The number of unbranched alkanes of at least 4 members (excludes halogenated alkanes) is 7. The van der Waals surface area contributed by atoms with Gasteiger partial charge in [0.25, 0.3) is 0 Å². The Kier molecular flexibility index (Phi) is 23.9. The molecule has 0 saturated heterocycles. The van der Waals surface area contributed by atoms with Crippen molar-refractivity contribution in [2.75, 3.05) is 39.6 Å². The average molecular weight is 1040 g/mol. The Hall–Kier alpha value is -8.00. The first-order valence-corrected chi connectivity index (χ1v) is 26.5. The summed E-state index contributed by atoms with van der Waals surface area (Å²) < 4.78 is 57.6. The first kappa shape index (κ1) is 57.3. The number of hydrogen-bond donors (Lipinski definition) is 0. The molecule has 0 radical (unpaired) electrons. The van der Waals surface area contributed by atoms with Crippen molar-refractivity contribution >= 4 is 23.9 Å². The summed E-state index contributed by atoms with van der Waals surface area (Å²) >= 11 is 0. The van der Waals surface area contributed by atoms with Crippen LogP contribution in [0.15, 0.2) is 133 Å². The Morgan fingerprint density at radius 3 is 0.803 bits per heavy atom. The Balaban J connectivity index is 0.977. The molecule has 0 atom stereocenters. The molecule has 14 heteroatoms. The lowest BCUT2D eigenvalue weighted by Crippen LogP contribution is -2.14. The van der Waals surface area contributed by atoms with E-state index in [0.717, 1.165) is 77.0 Å². The maximum Gasteiger partial charge on any atom is 0.347 e. The molecule has 0 bridgehead atoms. The number of benzene rings is 6. The van der Waals surface area contributed by atoms with Gasteiger partial charge in [0.2, 0.25) is 0 Å². The summed E-state index contributed by atoms with van der Waals surface area (Å²) in [6.07, 6.45) is 10.7. The van der Waals surface area contributed by atoms with E-state index in [1.54, 1.807) is 97.1 Å². The van der Waals surface area contributed by atoms with E-state index in [1.807, 2.05) is 27.7 Å². The quantitative estimate of drug-likeness (QED) is 0.0217. The van der Waals surface area contributed by atoms with Crippen molar-refractivity contribution in [3.8, 4) is 57.5 Å². The molecular formula is C62H70O14. The second-order valence-electron chi connectivity index (χ2n) is 17.8. The molecule has 6 aromatic rings. The highest BCUT2D eigenvalue weighted by atomic mass is 16.6. The van der Waals surface area contributed by atoms with Crippen molar-refractivity contribution in [3.63, 3.8) is 0 Å². The van der Waals surface area contributed by atoms with Gasteiger partial charge in [-0.1, -0.05) is 66.2 Å². The van der Waals surface area contributed by atoms with Crippen molar-refractivity contribution in [2.24, 2.45) is 0 Å². The first-order chi connectivity index (χ1) is 37.2.